The van der Waals surface area contributed by atoms with E-state index in [1.165, 1.54) is 0 Å². The summed E-state index contributed by atoms with van der Waals surface area (Å²) in [5.41, 5.74) is 0. The van der Waals surface area contributed by atoms with Gasteiger partial charge in [-0.15, -0.1) is 0 Å². The Morgan fingerprint density at radius 1 is 1.90 bits per heavy atom. The molecule has 0 radical (unpaired) electrons. The van der Waals surface area contributed by atoms with E-state index >= 15 is 0 Å². The lowest BCUT2D eigenvalue weighted by molar-refractivity contribution is -0.403. The number of nitrogens with one attached hydrogen (secondary N) is 1. The van der Waals surface area contributed by atoms with Gasteiger partial charge in [-0.3, -0.25) is 10.1 Å². The van der Waals surface area contributed by atoms with Crippen LogP contribution < -0.4 is 5.32 Å². The molecule has 0 fully saturated rings. The van der Waals surface area contributed by atoms with E-state index in [1.54, 1.807) is 6.21 Å². The molecule has 0 aromatic rings. The van der Waals surface area contributed by atoms with Crippen LogP contribution in [-0.2, 0) is 0 Å². The fourth-order valence-corrected chi connectivity index (χ4v) is 0.652. The van der Waals surface area contributed by atoms with Gasteiger partial charge in [-0.2, -0.15) is 0 Å². The predicted octanol–water partition coefficient (Wildman–Crippen LogP) is 0.126. The molecule has 0 unspecified atom stereocenters. The van der Waals surface area contributed by atoms with Gasteiger partial charge < -0.3 is 5.32 Å². The van der Waals surface area contributed by atoms with Crippen LogP contribution in [0.25, 0.3) is 0 Å². The molecule has 1 heterocycles. The molecule has 5 heteroatoms. The monoisotopic (exact) mass is 141 g/mol. The standard InChI is InChI=1S/C5H7N3O2/c9-8(10)4-5-6-2-1-3-7-5/h2,4,7H,1,3H2. The highest BCUT2D eigenvalue weighted by molar-refractivity contribution is 5.60. The minimum absolute atomic E-state index is 0.330. The third-order valence-corrected chi connectivity index (χ3v) is 1.04. The Morgan fingerprint density at radius 3 is 3.20 bits per heavy atom. The molecule has 0 bridgehead atoms. The quantitative estimate of drug-likeness (QED) is 0.416. The van der Waals surface area contributed by atoms with Crippen molar-refractivity contribution in [3.05, 3.63) is 22.1 Å². The van der Waals surface area contributed by atoms with Gasteiger partial charge in [0.1, 0.15) is 0 Å². The van der Waals surface area contributed by atoms with E-state index in [-0.39, 0.29) is 0 Å². The number of nitrogens with zero attached hydrogens (tertiary/aromatic N) is 2. The zero-order valence-corrected chi connectivity index (χ0v) is 5.28. The molecule has 1 N–H and O–H groups in total. The van der Waals surface area contributed by atoms with Crippen LogP contribution in [0.1, 0.15) is 6.42 Å². The van der Waals surface area contributed by atoms with Crippen LogP contribution in [0.4, 0.5) is 0 Å². The number of nitro groups is 1. The van der Waals surface area contributed by atoms with Crippen LogP contribution >= 0.6 is 0 Å². The largest absolute Gasteiger partial charge is 0.365 e. The molecule has 0 aromatic heterocycles. The van der Waals surface area contributed by atoms with Crippen molar-refractivity contribution in [2.24, 2.45) is 4.99 Å². The lowest BCUT2D eigenvalue weighted by Gasteiger charge is -2.05. The van der Waals surface area contributed by atoms with Crippen LogP contribution in [0.5, 0.6) is 0 Å². The van der Waals surface area contributed by atoms with E-state index in [9.17, 15) is 10.1 Å². The maximum Gasteiger partial charge on any atom is 0.276 e. The first kappa shape index (κ1) is 6.73. The van der Waals surface area contributed by atoms with Gasteiger partial charge in [-0.1, -0.05) is 0 Å². The van der Waals surface area contributed by atoms with Crippen LogP contribution in [0.15, 0.2) is 17.0 Å². The van der Waals surface area contributed by atoms with Gasteiger partial charge in [0.2, 0.25) is 0 Å². The molecule has 0 saturated heterocycles. The molecule has 0 aliphatic carbocycles. The van der Waals surface area contributed by atoms with Crippen LogP contribution in [0.3, 0.4) is 0 Å². The first-order valence-corrected chi connectivity index (χ1v) is 2.91. The second kappa shape index (κ2) is 2.95. The topological polar surface area (TPSA) is 67.5 Å². The highest BCUT2D eigenvalue weighted by Gasteiger charge is 2.01. The maximum absolute atomic E-state index is 9.88. The summed E-state index contributed by atoms with van der Waals surface area (Å²) >= 11 is 0. The molecule has 1 rings (SSSR count). The van der Waals surface area contributed by atoms with Crippen molar-refractivity contribution in [2.45, 2.75) is 6.42 Å². The maximum atomic E-state index is 9.88. The van der Waals surface area contributed by atoms with E-state index in [0.717, 1.165) is 19.2 Å². The normalized spacial score (nSPS) is 20.6. The van der Waals surface area contributed by atoms with E-state index in [1.807, 2.05) is 0 Å². The summed E-state index contributed by atoms with van der Waals surface area (Å²) in [6, 6.07) is 0. The Hall–Kier alpha value is -1.39. The lowest BCUT2D eigenvalue weighted by atomic mass is 10.4. The van der Waals surface area contributed by atoms with Gasteiger partial charge in [-0.25, -0.2) is 4.99 Å². The Kier molecular flexibility index (Phi) is 1.99. The van der Waals surface area contributed by atoms with E-state index in [2.05, 4.69) is 10.3 Å². The molecule has 0 atom stereocenters. The van der Waals surface area contributed by atoms with Crippen molar-refractivity contribution in [2.75, 3.05) is 6.54 Å². The number of rotatable bonds is 1. The lowest BCUT2D eigenvalue weighted by Crippen LogP contribution is -2.18. The van der Waals surface area contributed by atoms with Crippen molar-refractivity contribution in [1.82, 2.24) is 5.32 Å². The zero-order chi connectivity index (χ0) is 7.40. The van der Waals surface area contributed by atoms with E-state index in [4.69, 9.17) is 0 Å². The van der Waals surface area contributed by atoms with Gasteiger partial charge in [0.05, 0.1) is 4.92 Å². The molecule has 0 amide bonds. The SMILES string of the molecule is O=[N+]([O-])C=C1N=CCCN1. The van der Waals surface area contributed by atoms with Crippen molar-refractivity contribution < 1.29 is 4.92 Å². The van der Waals surface area contributed by atoms with Gasteiger partial charge in [0, 0.05) is 19.2 Å². The second-order valence-electron chi connectivity index (χ2n) is 1.83. The summed E-state index contributed by atoms with van der Waals surface area (Å²) in [5.74, 6) is 0.330. The second-order valence-corrected chi connectivity index (χ2v) is 1.83. The summed E-state index contributed by atoms with van der Waals surface area (Å²) in [4.78, 5) is 13.1. The molecule has 0 aromatic carbocycles. The first-order valence-electron chi connectivity index (χ1n) is 2.91. The first-order chi connectivity index (χ1) is 4.79. The van der Waals surface area contributed by atoms with Crippen molar-refractivity contribution in [3.8, 4) is 0 Å². The molecule has 0 saturated carbocycles. The Labute approximate surface area is 57.6 Å². The number of hydrogen-bond donors (Lipinski definition) is 1. The molecular formula is C5H7N3O2. The fourth-order valence-electron chi connectivity index (χ4n) is 0.652. The molecular weight excluding hydrogens is 134 g/mol. The summed E-state index contributed by atoms with van der Waals surface area (Å²) in [7, 11) is 0. The average molecular weight is 141 g/mol. The fraction of sp³-hybridized carbons (Fsp3) is 0.400. The summed E-state index contributed by atoms with van der Waals surface area (Å²) < 4.78 is 0. The average Bonchev–Trinajstić information content (AvgIpc) is 1.88. The third-order valence-electron chi connectivity index (χ3n) is 1.04. The molecule has 10 heavy (non-hydrogen) atoms. The Bertz CT molecular complexity index is 197. The van der Waals surface area contributed by atoms with Crippen molar-refractivity contribution in [3.63, 3.8) is 0 Å². The highest BCUT2D eigenvalue weighted by atomic mass is 16.6. The van der Waals surface area contributed by atoms with E-state index in [0.29, 0.717) is 5.82 Å². The summed E-state index contributed by atoms with van der Waals surface area (Å²) in [5, 5.41) is 12.7. The van der Waals surface area contributed by atoms with Gasteiger partial charge in [-0.05, 0) is 0 Å². The highest BCUT2D eigenvalue weighted by Crippen LogP contribution is 1.95. The minimum atomic E-state index is -0.523. The third kappa shape index (κ3) is 1.85. The van der Waals surface area contributed by atoms with E-state index < -0.39 is 4.92 Å². The molecule has 54 valence electrons. The zero-order valence-electron chi connectivity index (χ0n) is 5.28. The summed E-state index contributed by atoms with van der Waals surface area (Å²) in [6.07, 6.45) is 3.34. The smallest absolute Gasteiger partial charge is 0.276 e. The Morgan fingerprint density at radius 2 is 2.70 bits per heavy atom. The minimum Gasteiger partial charge on any atom is -0.365 e. The van der Waals surface area contributed by atoms with Crippen LogP contribution in [-0.4, -0.2) is 17.7 Å². The van der Waals surface area contributed by atoms with Gasteiger partial charge >= 0.3 is 0 Å². The molecule has 1 aliphatic rings. The Balaban J connectivity index is 2.62. The van der Waals surface area contributed by atoms with Crippen LogP contribution in [0, 0.1) is 10.1 Å². The van der Waals surface area contributed by atoms with Crippen molar-refractivity contribution in [1.29, 1.82) is 0 Å². The van der Waals surface area contributed by atoms with Crippen LogP contribution in [0.2, 0.25) is 0 Å². The number of aliphatic imine (C=N–C) groups is 1. The molecule has 0 spiro atoms. The number of hydrogen-bond acceptors (Lipinski definition) is 4. The molecule has 5 nitrogen and oxygen atoms in total. The van der Waals surface area contributed by atoms with Gasteiger partial charge in [0.25, 0.3) is 6.20 Å². The molecule has 1 aliphatic heterocycles. The summed E-state index contributed by atoms with van der Waals surface area (Å²) in [6.45, 7) is 0.725. The van der Waals surface area contributed by atoms with Crippen molar-refractivity contribution >= 4 is 6.21 Å². The predicted molar refractivity (Wildman–Crippen MR) is 36.2 cm³/mol. The van der Waals surface area contributed by atoms with Gasteiger partial charge in [0.15, 0.2) is 5.82 Å².